The van der Waals surface area contributed by atoms with E-state index in [0.29, 0.717) is 18.1 Å². The zero-order chi connectivity index (χ0) is 22.6. The first kappa shape index (κ1) is 24.6. The van der Waals surface area contributed by atoms with Gasteiger partial charge in [-0.1, -0.05) is 31.9 Å². The van der Waals surface area contributed by atoms with Crippen molar-refractivity contribution in [2.75, 3.05) is 23.7 Å². The maximum Gasteiger partial charge on any atom is 0.155 e. The number of rotatable bonds is 8. The Kier molecular flexibility index (Phi) is 8.12. The summed E-state index contributed by atoms with van der Waals surface area (Å²) in [6.07, 6.45) is 8.06. The Labute approximate surface area is 190 Å². The molecule has 0 N–H and O–H groups in total. The van der Waals surface area contributed by atoms with Gasteiger partial charge in [0.15, 0.2) is 9.84 Å². The molecule has 0 amide bonds. The standard InChI is InChI=1S/C26H43NO3S/c1-6-26(4,5)31(28,29)19-24-11-9-22(10-12-24)7-8-23-13-15-25(16-14-23)27-17-20(2)30-21(3)18-27/h13-16,20-22,24H,6-12,17-19H2,1-5H3/t20-,21+,22?,24?. The maximum absolute atomic E-state index is 12.7. The first-order valence-electron chi connectivity index (χ1n) is 12.3. The van der Waals surface area contributed by atoms with Crippen molar-refractivity contribution in [3.05, 3.63) is 29.8 Å². The Morgan fingerprint density at radius 3 is 2.06 bits per heavy atom. The van der Waals surface area contributed by atoms with Gasteiger partial charge in [0.1, 0.15) is 0 Å². The Hall–Kier alpha value is -1.07. The van der Waals surface area contributed by atoms with Crippen molar-refractivity contribution in [1.82, 2.24) is 0 Å². The number of sulfone groups is 1. The molecular weight excluding hydrogens is 406 g/mol. The maximum atomic E-state index is 12.7. The van der Waals surface area contributed by atoms with Crippen LogP contribution in [-0.4, -0.2) is 44.2 Å². The summed E-state index contributed by atoms with van der Waals surface area (Å²) < 4.78 is 30.7. The van der Waals surface area contributed by atoms with Gasteiger partial charge in [0, 0.05) is 18.8 Å². The van der Waals surface area contributed by atoms with Crippen molar-refractivity contribution in [1.29, 1.82) is 0 Å². The molecule has 0 bridgehead atoms. The monoisotopic (exact) mass is 449 g/mol. The van der Waals surface area contributed by atoms with E-state index in [1.165, 1.54) is 30.5 Å². The van der Waals surface area contributed by atoms with E-state index in [4.69, 9.17) is 4.74 Å². The first-order valence-corrected chi connectivity index (χ1v) is 14.0. The number of hydrogen-bond donors (Lipinski definition) is 0. The summed E-state index contributed by atoms with van der Waals surface area (Å²) in [6, 6.07) is 9.09. The largest absolute Gasteiger partial charge is 0.372 e. The Balaban J connectivity index is 1.44. The van der Waals surface area contributed by atoms with Crippen LogP contribution in [0.15, 0.2) is 24.3 Å². The summed E-state index contributed by atoms with van der Waals surface area (Å²) in [6.45, 7) is 11.9. The number of morpholine rings is 1. The summed E-state index contributed by atoms with van der Waals surface area (Å²) >= 11 is 0. The minimum Gasteiger partial charge on any atom is -0.372 e. The second-order valence-corrected chi connectivity index (χ2v) is 13.3. The highest BCUT2D eigenvalue weighted by atomic mass is 32.2. The lowest BCUT2D eigenvalue weighted by molar-refractivity contribution is -0.00521. The third-order valence-electron chi connectivity index (χ3n) is 7.68. The smallest absolute Gasteiger partial charge is 0.155 e. The molecule has 0 unspecified atom stereocenters. The molecule has 1 saturated carbocycles. The number of hydrogen-bond acceptors (Lipinski definition) is 4. The molecule has 2 atom stereocenters. The average molecular weight is 450 g/mol. The highest BCUT2D eigenvalue weighted by Crippen LogP contribution is 2.35. The lowest BCUT2D eigenvalue weighted by Crippen LogP contribution is -2.45. The lowest BCUT2D eigenvalue weighted by Gasteiger charge is -2.37. The summed E-state index contributed by atoms with van der Waals surface area (Å²) in [5.74, 6) is 1.46. The third kappa shape index (κ3) is 6.47. The molecule has 1 saturated heterocycles. The van der Waals surface area contributed by atoms with Crippen molar-refractivity contribution in [3.8, 4) is 0 Å². The Bertz CT molecular complexity index is 784. The van der Waals surface area contributed by atoms with Gasteiger partial charge in [-0.3, -0.25) is 0 Å². The highest BCUT2D eigenvalue weighted by Gasteiger charge is 2.35. The first-order chi connectivity index (χ1) is 14.6. The van der Waals surface area contributed by atoms with Crippen LogP contribution in [-0.2, 0) is 21.0 Å². The number of ether oxygens (including phenoxy) is 1. The van der Waals surface area contributed by atoms with Gasteiger partial charge in [-0.25, -0.2) is 8.42 Å². The molecule has 1 aliphatic heterocycles. The van der Waals surface area contributed by atoms with Gasteiger partial charge in [-0.15, -0.1) is 0 Å². The van der Waals surface area contributed by atoms with Crippen LogP contribution in [0.4, 0.5) is 5.69 Å². The van der Waals surface area contributed by atoms with Crippen LogP contribution in [0.1, 0.15) is 78.7 Å². The fourth-order valence-corrected chi connectivity index (χ4v) is 6.92. The highest BCUT2D eigenvalue weighted by molar-refractivity contribution is 7.92. The molecule has 5 heteroatoms. The van der Waals surface area contributed by atoms with E-state index in [2.05, 4.69) is 43.0 Å². The Morgan fingerprint density at radius 1 is 0.968 bits per heavy atom. The van der Waals surface area contributed by atoms with Crippen LogP contribution in [0, 0.1) is 11.8 Å². The zero-order valence-corrected chi connectivity index (χ0v) is 21.1. The van der Waals surface area contributed by atoms with Gasteiger partial charge < -0.3 is 9.64 Å². The molecule has 4 nitrogen and oxygen atoms in total. The molecule has 1 aliphatic carbocycles. The van der Waals surface area contributed by atoms with Crippen LogP contribution < -0.4 is 4.90 Å². The minimum atomic E-state index is -3.01. The molecule has 2 aliphatic rings. The van der Waals surface area contributed by atoms with E-state index in [0.717, 1.165) is 38.3 Å². The van der Waals surface area contributed by atoms with E-state index in [1.807, 2.05) is 20.8 Å². The van der Waals surface area contributed by atoms with Crippen LogP contribution in [0.3, 0.4) is 0 Å². The van der Waals surface area contributed by atoms with E-state index in [9.17, 15) is 8.42 Å². The van der Waals surface area contributed by atoms with Crippen LogP contribution in [0.2, 0.25) is 0 Å². The van der Waals surface area contributed by atoms with Gasteiger partial charge in [0.25, 0.3) is 0 Å². The van der Waals surface area contributed by atoms with E-state index >= 15 is 0 Å². The van der Waals surface area contributed by atoms with Crippen LogP contribution >= 0.6 is 0 Å². The fourth-order valence-electron chi connectivity index (χ4n) is 5.08. The summed E-state index contributed by atoms with van der Waals surface area (Å²) in [4.78, 5) is 2.43. The summed E-state index contributed by atoms with van der Waals surface area (Å²) in [7, 11) is -3.01. The Morgan fingerprint density at radius 2 is 1.52 bits per heavy atom. The zero-order valence-electron chi connectivity index (χ0n) is 20.3. The number of anilines is 1. The van der Waals surface area contributed by atoms with E-state index < -0.39 is 14.6 Å². The summed E-state index contributed by atoms with van der Waals surface area (Å²) in [5, 5.41) is 0. The molecule has 2 fully saturated rings. The molecule has 176 valence electrons. The van der Waals surface area contributed by atoms with E-state index in [-0.39, 0.29) is 12.2 Å². The number of benzene rings is 1. The summed E-state index contributed by atoms with van der Waals surface area (Å²) in [5.41, 5.74) is 2.70. The van der Waals surface area contributed by atoms with Gasteiger partial charge in [-0.05, 0) is 89.3 Å². The molecule has 1 aromatic carbocycles. The third-order valence-corrected chi connectivity index (χ3v) is 10.6. The SMILES string of the molecule is CCC(C)(C)S(=O)(=O)CC1CCC(CCc2ccc(N3C[C@@H](C)O[C@@H](C)C3)cc2)CC1. The number of aryl methyl sites for hydroxylation is 1. The normalized spacial score (nSPS) is 28.0. The topological polar surface area (TPSA) is 46.6 Å². The quantitative estimate of drug-likeness (QED) is 0.515. The van der Waals surface area contributed by atoms with Crippen LogP contribution in [0.25, 0.3) is 0 Å². The molecule has 3 rings (SSSR count). The average Bonchev–Trinajstić information content (AvgIpc) is 2.72. The molecule has 0 radical (unpaired) electrons. The van der Waals surface area contributed by atoms with Gasteiger partial charge in [0.2, 0.25) is 0 Å². The molecule has 31 heavy (non-hydrogen) atoms. The van der Waals surface area contributed by atoms with Crippen molar-refractivity contribution < 1.29 is 13.2 Å². The molecule has 1 aromatic rings. The molecular formula is C26H43NO3S. The van der Waals surface area contributed by atoms with Crippen LogP contribution in [0.5, 0.6) is 0 Å². The van der Waals surface area contributed by atoms with Crippen molar-refractivity contribution >= 4 is 15.5 Å². The van der Waals surface area contributed by atoms with Gasteiger partial charge in [0.05, 0.1) is 22.7 Å². The minimum absolute atomic E-state index is 0.279. The predicted octanol–water partition coefficient (Wildman–Crippen LogP) is 5.64. The second-order valence-electron chi connectivity index (χ2n) is 10.6. The van der Waals surface area contributed by atoms with Crippen molar-refractivity contribution in [2.24, 2.45) is 11.8 Å². The van der Waals surface area contributed by atoms with Gasteiger partial charge >= 0.3 is 0 Å². The molecule has 0 spiro atoms. The van der Waals surface area contributed by atoms with Gasteiger partial charge in [-0.2, -0.15) is 0 Å². The second kappa shape index (κ2) is 10.2. The predicted molar refractivity (Wildman–Crippen MR) is 131 cm³/mol. The van der Waals surface area contributed by atoms with Crippen molar-refractivity contribution in [2.45, 2.75) is 96.5 Å². The van der Waals surface area contributed by atoms with Crippen molar-refractivity contribution in [3.63, 3.8) is 0 Å². The van der Waals surface area contributed by atoms with E-state index in [1.54, 1.807) is 0 Å². The lowest BCUT2D eigenvalue weighted by atomic mass is 9.80. The molecule has 1 heterocycles. The fraction of sp³-hybridized carbons (Fsp3) is 0.769. The number of nitrogens with zero attached hydrogens (tertiary/aromatic N) is 1. The molecule has 0 aromatic heterocycles.